The summed E-state index contributed by atoms with van der Waals surface area (Å²) < 4.78 is 31.0. The molecule has 0 amide bonds. The van der Waals surface area contributed by atoms with Crippen LogP contribution in [0, 0.1) is 0 Å². The third-order valence-corrected chi connectivity index (χ3v) is 8.16. The van der Waals surface area contributed by atoms with Crippen molar-refractivity contribution in [2.75, 3.05) is 0 Å². The van der Waals surface area contributed by atoms with Crippen molar-refractivity contribution < 1.29 is 8.42 Å². The zero-order valence-corrected chi connectivity index (χ0v) is 20.1. The van der Waals surface area contributed by atoms with E-state index in [1.165, 1.54) is 5.56 Å². The van der Waals surface area contributed by atoms with Gasteiger partial charge in [-0.1, -0.05) is 66.3 Å². The molecule has 0 saturated heterocycles. The number of benzene rings is 3. The number of sulfonamides is 1. The van der Waals surface area contributed by atoms with Crippen molar-refractivity contribution in [1.29, 1.82) is 0 Å². The van der Waals surface area contributed by atoms with Crippen LogP contribution in [-0.4, -0.2) is 13.0 Å². The maximum atomic E-state index is 13.0. The van der Waals surface area contributed by atoms with Crippen LogP contribution >= 0.6 is 22.9 Å². The number of hydrogen-bond donors (Lipinski definition) is 1. The molecule has 1 atom stereocenters. The topological polar surface area (TPSA) is 68.2 Å². The van der Waals surface area contributed by atoms with Gasteiger partial charge in [-0.15, -0.1) is 0 Å². The SMILES string of the molecule is CCc1ccc([C@H](C)NS(=O)(=O)c2ccc3c(c2)sc(=O)n3Cc2ccc(Cl)cc2)cc1. The lowest BCUT2D eigenvalue weighted by Crippen LogP contribution is -2.26. The molecule has 0 spiro atoms. The molecular formula is C24H23ClN2O3S2. The summed E-state index contributed by atoms with van der Waals surface area (Å²) in [6.07, 6.45) is 0.931. The van der Waals surface area contributed by atoms with Crippen molar-refractivity contribution in [1.82, 2.24) is 9.29 Å². The summed E-state index contributed by atoms with van der Waals surface area (Å²) in [7, 11) is -3.75. The molecule has 166 valence electrons. The molecule has 0 unspecified atom stereocenters. The summed E-state index contributed by atoms with van der Waals surface area (Å²) in [4.78, 5) is 12.6. The Morgan fingerprint density at radius 1 is 1.00 bits per heavy atom. The highest BCUT2D eigenvalue weighted by molar-refractivity contribution is 7.89. The first-order valence-electron chi connectivity index (χ1n) is 10.3. The Labute approximate surface area is 196 Å². The van der Waals surface area contributed by atoms with Crippen LogP contribution < -0.4 is 9.60 Å². The molecule has 1 N–H and O–H groups in total. The van der Waals surface area contributed by atoms with E-state index in [9.17, 15) is 13.2 Å². The molecule has 3 aromatic carbocycles. The van der Waals surface area contributed by atoms with E-state index in [4.69, 9.17) is 11.6 Å². The zero-order valence-electron chi connectivity index (χ0n) is 17.7. The lowest BCUT2D eigenvalue weighted by molar-refractivity contribution is 0.567. The van der Waals surface area contributed by atoms with E-state index in [0.29, 0.717) is 21.8 Å². The van der Waals surface area contributed by atoms with E-state index in [2.05, 4.69) is 11.6 Å². The number of aryl methyl sites for hydroxylation is 1. The molecule has 4 aromatic rings. The minimum absolute atomic E-state index is 0.137. The summed E-state index contributed by atoms with van der Waals surface area (Å²) in [5, 5.41) is 0.633. The predicted octanol–water partition coefficient (Wildman–Crippen LogP) is 5.37. The van der Waals surface area contributed by atoms with Gasteiger partial charge in [0.05, 0.1) is 21.7 Å². The highest BCUT2D eigenvalue weighted by atomic mass is 35.5. The van der Waals surface area contributed by atoms with Crippen LogP contribution in [0.4, 0.5) is 0 Å². The number of nitrogens with one attached hydrogen (secondary N) is 1. The number of fused-ring (bicyclic) bond motifs is 1. The predicted molar refractivity (Wildman–Crippen MR) is 131 cm³/mol. The fourth-order valence-corrected chi connectivity index (χ4v) is 5.94. The monoisotopic (exact) mass is 486 g/mol. The molecule has 0 aliphatic rings. The van der Waals surface area contributed by atoms with E-state index in [0.717, 1.165) is 28.9 Å². The van der Waals surface area contributed by atoms with Crippen molar-refractivity contribution in [3.8, 4) is 0 Å². The highest BCUT2D eigenvalue weighted by Crippen LogP contribution is 2.24. The summed E-state index contributed by atoms with van der Waals surface area (Å²) in [5.74, 6) is 0. The van der Waals surface area contributed by atoms with Gasteiger partial charge in [-0.05, 0) is 60.4 Å². The van der Waals surface area contributed by atoms with Crippen LogP contribution in [0.15, 0.2) is 76.4 Å². The van der Waals surface area contributed by atoms with Gasteiger partial charge >= 0.3 is 4.87 Å². The van der Waals surface area contributed by atoms with E-state index >= 15 is 0 Å². The maximum Gasteiger partial charge on any atom is 0.308 e. The third-order valence-electron chi connectivity index (χ3n) is 5.42. The lowest BCUT2D eigenvalue weighted by atomic mass is 10.1. The van der Waals surface area contributed by atoms with Gasteiger partial charge in [-0.2, -0.15) is 0 Å². The maximum absolute atomic E-state index is 13.0. The number of rotatable bonds is 7. The van der Waals surface area contributed by atoms with Gasteiger partial charge in [0.2, 0.25) is 10.0 Å². The van der Waals surface area contributed by atoms with Gasteiger partial charge < -0.3 is 0 Å². The molecule has 8 heteroatoms. The van der Waals surface area contributed by atoms with Gasteiger partial charge in [0, 0.05) is 11.1 Å². The average Bonchev–Trinajstić information content (AvgIpc) is 3.09. The van der Waals surface area contributed by atoms with E-state index < -0.39 is 10.0 Å². The van der Waals surface area contributed by atoms with Crippen LogP contribution in [-0.2, 0) is 23.0 Å². The first kappa shape index (κ1) is 22.7. The van der Waals surface area contributed by atoms with Crippen LogP contribution in [0.25, 0.3) is 10.2 Å². The van der Waals surface area contributed by atoms with Gasteiger partial charge in [-0.25, -0.2) is 13.1 Å². The van der Waals surface area contributed by atoms with Crippen LogP contribution in [0.5, 0.6) is 0 Å². The van der Waals surface area contributed by atoms with Gasteiger partial charge in [0.1, 0.15) is 0 Å². The Bertz CT molecular complexity index is 1410. The molecule has 4 rings (SSSR count). The minimum Gasteiger partial charge on any atom is -0.294 e. The minimum atomic E-state index is -3.75. The average molecular weight is 487 g/mol. The Kier molecular flexibility index (Phi) is 6.53. The van der Waals surface area contributed by atoms with E-state index in [1.807, 2.05) is 43.3 Å². The Morgan fingerprint density at radius 2 is 1.66 bits per heavy atom. The van der Waals surface area contributed by atoms with Crippen molar-refractivity contribution >= 4 is 43.2 Å². The van der Waals surface area contributed by atoms with Gasteiger partial charge in [0.25, 0.3) is 0 Å². The fourth-order valence-electron chi connectivity index (χ4n) is 3.55. The second kappa shape index (κ2) is 9.19. The molecular weight excluding hydrogens is 464 g/mol. The Balaban J connectivity index is 1.60. The number of hydrogen-bond acceptors (Lipinski definition) is 4. The van der Waals surface area contributed by atoms with Crippen molar-refractivity contribution in [2.45, 2.75) is 37.8 Å². The van der Waals surface area contributed by atoms with Crippen LogP contribution in [0.3, 0.4) is 0 Å². The molecule has 1 aromatic heterocycles. The highest BCUT2D eigenvalue weighted by Gasteiger charge is 2.20. The van der Waals surface area contributed by atoms with E-state index in [-0.39, 0.29) is 15.8 Å². The first-order valence-corrected chi connectivity index (χ1v) is 12.9. The number of aromatic nitrogens is 1. The number of halogens is 1. The smallest absolute Gasteiger partial charge is 0.294 e. The summed E-state index contributed by atoms with van der Waals surface area (Å²) >= 11 is 6.98. The van der Waals surface area contributed by atoms with Gasteiger partial charge in [-0.3, -0.25) is 9.36 Å². The van der Waals surface area contributed by atoms with Crippen molar-refractivity contribution in [2.24, 2.45) is 0 Å². The second-order valence-electron chi connectivity index (χ2n) is 7.65. The first-order chi connectivity index (χ1) is 15.3. The second-order valence-corrected chi connectivity index (χ2v) is 10.8. The molecule has 0 aliphatic heterocycles. The normalized spacial score (nSPS) is 12.8. The number of nitrogens with zero attached hydrogens (tertiary/aromatic N) is 1. The number of thiazole rings is 1. The molecule has 32 heavy (non-hydrogen) atoms. The molecule has 0 fully saturated rings. The summed E-state index contributed by atoms with van der Waals surface area (Å²) in [5.41, 5.74) is 3.74. The third kappa shape index (κ3) is 4.81. The van der Waals surface area contributed by atoms with E-state index in [1.54, 1.807) is 34.9 Å². The molecule has 5 nitrogen and oxygen atoms in total. The Hall–Kier alpha value is -2.45. The van der Waals surface area contributed by atoms with Crippen LogP contribution in [0.2, 0.25) is 5.02 Å². The van der Waals surface area contributed by atoms with Crippen molar-refractivity contribution in [3.05, 3.63) is 98.1 Å². The molecule has 1 heterocycles. The summed E-state index contributed by atoms with van der Waals surface area (Å²) in [6, 6.07) is 19.6. The largest absolute Gasteiger partial charge is 0.308 e. The molecule has 0 saturated carbocycles. The Morgan fingerprint density at radius 3 is 2.31 bits per heavy atom. The van der Waals surface area contributed by atoms with Crippen LogP contribution in [0.1, 0.15) is 36.6 Å². The van der Waals surface area contributed by atoms with Gasteiger partial charge in [0.15, 0.2) is 0 Å². The standard InChI is InChI=1S/C24H23ClN2O3S2/c1-3-17-4-8-19(9-5-17)16(2)26-32(29,30)21-12-13-22-23(14-21)31-24(28)27(22)15-18-6-10-20(25)11-7-18/h4-14,16,26H,3,15H2,1-2H3/t16-/m0/s1. The quantitative estimate of drug-likeness (QED) is 0.382. The van der Waals surface area contributed by atoms with Crippen molar-refractivity contribution in [3.63, 3.8) is 0 Å². The molecule has 0 bridgehead atoms. The fraction of sp³-hybridized carbons (Fsp3) is 0.208. The molecule has 0 aliphatic carbocycles. The molecule has 0 radical (unpaired) electrons. The lowest BCUT2D eigenvalue weighted by Gasteiger charge is -2.15. The zero-order chi connectivity index (χ0) is 22.9. The summed E-state index contributed by atoms with van der Waals surface area (Å²) in [6.45, 7) is 4.29.